The lowest BCUT2D eigenvalue weighted by molar-refractivity contribution is -0.105. The summed E-state index contributed by atoms with van der Waals surface area (Å²) in [4.78, 5) is 25.0. The van der Waals surface area contributed by atoms with Crippen LogP contribution in [0.3, 0.4) is 0 Å². The second-order valence-corrected chi connectivity index (χ2v) is 4.24. The molecule has 2 rings (SSSR count). The molecule has 2 aromatic rings. The largest absolute Gasteiger partial charge is 0.462 e. The van der Waals surface area contributed by atoms with E-state index in [4.69, 9.17) is 10.00 Å². The van der Waals surface area contributed by atoms with Gasteiger partial charge < -0.3 is 15.0 Å². The normalized spacial score (nSPS) is 9.86. The Hall–Kier alpha value is -3.14. The van der Waals surface area contributed by atoms with Crippen molar-refractivity contribution in [1.82, 2.24) is 4.98 Å². The van der Waals surface area contributed by atoms with Gasteiger partial charge in [-0.25, -0.2) is 9.18 Å². The molecule has 0 aliphatic carbocycles. The van der Waals surface area contributed by atoms with Crippen molar-refractivity contribution < 1.29 is 18.7 Å². The molecule has 1 aromatic heterocycles. The van der Waals surface area contributed by atoms with Gasteiger partial charge in [0.1, 0.15) is 17.6 Å². The summed E-state index contributed by atoms with van der Waals surface area (Å²) < 4.78 is 18.8. The second-order valence-electron chi connectivity index (χ2n) is 4.24. The Morgan fingerprint density at radius 3 is 2.91 bits per heavy atom. The first-order chi connectivity index (χ1) is 10.6. The number of benzene rings is 1. The number of rotatable bonds is 5. The molecule has 0 aliphatic heterocycles. The summed E-state index contributed by atoms with van der Waals surface area (Å²) >= 11 is 0. The molecule has 1 aromatic carbocycles. The summed E-state index contributed by atoms with van der Waals surface area (Å²) in [6, 6.07) is 5.90. The number of ether oxygens (including phenoxy) is 1. The van der Waals surface area contributed by atoms with E-state index in [1.807, 2.05) is 6.07 Å². The zero-order valence-corrected chi connectivity index (χ0v) is 11.6. The van der Waals surface area contributed by atoms with Crippen molar-refractivity contribution in [2.75, 3.05) is 11.9 Å². The number of H-pyrrole nitrogens is 1. The molecule has 0 spiro atoms. The lowest BCUT2D eigenvalue weighted by Gasteiger charge is -2.07. The highest BCUT2D eigenvalue weighted by Crippen LogP contribution is 2.30. The van der Waals surface area contributed by atoms with Crippen LogP contribution in [-0.2, 0) is 9.53 Å². The third kappa shape index (κ3) is 2.81. The van der Waals surface area contributed by atoms with Crippen LogP contribution in [0.4, 0.5) is 10.1 Å². The predicted octanol–water partition coefficient (Wildman–Crippen LogP) is 2.44. The predicted molar refractivity (Wildman–Crippen MR) is 76.5 cm³/mol. The highest BCUT2D eigenvalue weighted by atomic mass is 19.1. The number of aromatic nitrogens is 1. The third-order valence-electron chi connectivity index (χ3n) is 2.96. The maximum Gasteiger partial charge on any atom is 0.340 e. The van der Waals surface area contributed by atoms with Crippen LogP contribution in [0.15, 0.2) is 24.4 Å². The molecule has 0 saturated carbocycles. The van der Waals surface area contributed by atoms with Crippen LogP contribution in [0, 0.1) is 17.1 Å². The molecule has 112 valence electrons. The quantitative estimate of drug-likeness (QED) is 0.655. The summed E-state index contributed by atoms with van der Waals surface area (Å²) in [6.07, 6.45) is 1.71. The topological polar surface area (TPSA) is 95.0 Å². The van der Waals surface area contributed by atoms with Crippen LogP contribution >= 0.6 is 0 Å². The van der Waals surface area contributed by atoms with E-state index in [1.165, 1.54) is 18.3 Å². The first-order valence-corrected chi connectivity index (χ1v) is 6.41. The van der Waals surface area contributed by atoms with Gasteiger partial charge in [0.25, 0.3) is 0 Å². The van der Waals surface area contributed by atoms with Crippen LogP contribution in [0.25, 0.3) is 11.1 Å². The van der Waals surface area contributed by atoms with Gasteiger partial charge in [-0.2, -0.15) is 5.26 Å². The molecule has 0 fully saturated rings. The molecule has 1 amide bonds. The number of nitrogens with zero attached hydrogens (tertiary/aromatic N) is 1. The molecule has 1 heterocycles. The van der Waals surface area contributed by atoms with Crippen molar-refractivity contribution in [2.24, 2.45) is 0 Å². The van der Waals surface area contributed by atoms with E-state index in [-0.39, 0.29) is 29.1 Å². The lowest BCUT2D eigenvalue weighted by Crippen LogP contribution is -2.05. The number of nitrogens with one attached hydrogen (secondary N) is 2. The fraction of sp³-hybridized carbons (Fsp3) is 0.133. The average molecular weight is 301 g/mol. The number of nitriles is 1. The summed E-state index contributed by atoms with van der Waals surface area (Å²) in [7, 11) is 0. The number of halogens is 1. The summed E-state index contributed by atoms with van der Waals surface area (Å²) in [6.45, 7) is 1.84. The molecule has 0 radical (unpaired) electrons. The number of anilines is 1. The van der Waals surface area contributed by atoms with Crippen molar-refractivity contribution in [3.8, 4) is 17.2 Å². The number of amides is 1. The van der Waals surface area contributed by atoms with Gasteiger partial charge in [0.2, 0.25) is 6.41 Å². The van der Waals surface area contributed by atoms with Crippen molar-refractivity contribution in [2.45, 2.75) is 6.92 Å². The van der Waals surface area contributed by atoms with Gasteiger partial charge >= 0.3 is 5.97 Å². The number of hydrogen-bond donors (Lipinski definition) is 2. The Kier molecular flexibility index (Phi) is 4.53. The molecule has 0 atom stereocenters. The molecule has 22 heavy (non-hydrogen) atoms. The number of esters is 1. The van der Waals surface area contributed by atoms with Crippen LogP contribution in [0.2, 0.25) is 0 Å². The van der Waals surface area contributed by atoms with E-state index in [0.717, 1.165) is 6.07 Å². The monoisotopic (exact) mass is 301 g/mol. The van der Waals surface area contributed by atoms with Gasteiger partial charge in [-0.1, -0.05) is 6.07 Å². The Bertz CT molecular complexity index is 762. The van der Waals surface area contributed by atoms with Crippen molar-refractivity contribution in [1.29, 1.82) is 5.26 Å². The third-order valence-corrected chi connectivity index (χ3v) is 2.96. The standard InChI is InChI=1S/C15H12FN3O3/c1-2-22-15(21)10-7-18-13(6-17)14(10)9-3-4-12(19-8-20)11(16)5-9/h3-5,7-8,18H,2H2,1H3,(H,19,20). The number of hydrogen-bond acceptors (Lipinski definition) is 4. The molecule has 6 nitrogen and oxygen atoms in total. The molecular weight excluding hydrogens is 289 g/mol. The van der Waals surface area contributed by atoms with Crippen molar-refractivity contribution in [3.05, 3.63) is 41.5 Å². The van der Waals surface area contributed by atoms with Gasteiger partial charge in [-0.05, 0) is 24.6 Å². The fourth-order valence-corrected chi connectivity index (χ4v) is 2.03. The van der Waals surface area contributed by atoms with Gasteiger partial charge in [0.05, 0.1) is 17.9 Å². The maximum atomic E-state index is 13.9. The van der Waals surface area contributed by atoms with E-state index in [0.29, 0.717) is 12.0 Å². The summed E-state index contributed by atoms with van der Waals surface area (Å²) in [5, 5.41) is 11.3. The Labute approximate surface area is 125 Å². The molecule has 2 N–H and O–H groups in total. The highest BCUT2D eigenvalue weighted by molar-refractivity contribution is 5.99. The fourth-order valence-electron chi connectivity index (χ4n) is 2.03. The second kappa shape index (κ2) is 6.54. The Balaban J connectivity index is 2.54. The maximum absolute atomic E-state index is 13.9. The van der Waals surface area contributed by atoms with Crippen LogP contribution < -0.4 is 5.32 Å². The molecule has 0 bridgehead atoms. The zero-order chi connectivity index (χ0) is 16.1. The minimum Gasteiger partial charge on any atom is -0.462 e. The van der Waals surface area contributed by atoms with E-state index in [2.05, 4.69) is 10.3 Å². The lowest BCUT2D eigenvalue weighted by atomic mass is 10.0. The first-order valence-electron chi connectivity index (χ1n) is 6.41. The van der Waals surface area contributed by atoms with Gasteiger partial charge in [-0.3, -0.25) is 4.79 Å². The zero-order valence-electron chi connectivity index (χ0n) is 11.6. The summed E-state index contributed by atoms with van der Waals surface area (Å²) in [5.74, 6) is -1.28. The van der Waals surface area contributed by atoms with Crippen LogP contribution in [-0.4, -0.2) is 24.0 Å². The van der Waals surface area contributed by atoms with E-state index < -0.39 is 11.8 Å². The number of carbonyl (C=O) groups excluding carboxylic acids is 2. The van der Waals surface area contributed by atoms with E-state index >= 15 is 0 Å². The molecule has 7 heteroatoms. The van der Waals surface area contributed by atoms with Gasteiger partial charge in [0.15, 0.2) is 0 Å². The smallest absolute Gasteiger partial charge is 0.340 e. The average Bonchev–Trinajstić information content (AvgIpc) is 2.93. The first kappa shape index (κ1) is 15.3. The minimum absolute atomic E-state index is 0.00507. The summed E-state index contributed by atoms with van der Waals surface area (Å²) in [5.41, 5.74) is 0.866. The minimum atomic E-state index is -0.676. The molecule has 0 saturated heterocycles. The molecule has 0 aliphatic rings. The van der Waals surface area contributed by atoms with E-state index in [9.17, 15) is 14.0 Å². The van der Waals surface area contributed by atoms with Crippen LogP contribution in [0.5, 0.6) is 0 Å². The Morgan fingerprint density at radius 2 is 2.32 bits per heavy atom. The number of aromatic amines is 1. The van der Waals surface area contributed by atoms with Gasteiger partial charge in [0, 0.05) is 11.8 Å². The Morgan fingerprint density at radius 1 is 1.55 bits per heavy atom. The highest BCUT2D eigenvalue weighted by Gasteiger charge is 2.20. The van der Waals surface area contributed by atoms with Crippen LogP contribution in [0.1, 0.15) is 23.0 Å². The van der Waals surface area contributed by atoms with E-state index in [1.54, 1.807) is 6.92 Å². The number of carbonyl (C=O) groups is 2. The van der Waals surface area contributed by atoms with Crippen molar-refractivity contribution >= 4 is 18.1 Å². The molecular formula is C15H12FN3O3. The SMILES string of the molecule is CCOC(=O)c1c[nH]c(C#N)c1-c1ccc(NC=O)c(F)c1. The molecule has 0 unspecified atom stereocenters. The van der Waals surface area contributed by atoms with Crippen molar-refractivity contribution in [3.63, 3.8) is 0 Å². The van der Waals surface area contributed by atoms with Gasteiger partial charge in [-0.15, -0.1) is 0 Å².